The monoisotopic (exact) mass is 713 g/mol. The average Bonchev–Trinajstić information content (AvgIpc) is 3.69. The highest BCUT2D eigenvalue weighted by Gasteiger charge is 2.45. The summed E-state index contributed by atoms with van der Waals surface area (Å²) in [5.74, 6) is 0.642. The summed E-state index contributed by atoms with van der Waals surface area (Å²) in [7, 11) is 0. The molecular formula is C33H40IN5O5. The van der Waals surface area contributed by atoms with Crippen molar-refractivity contribution >= 4 is 45.1 Å². The molecule has 4 heterocycles. The highest BCUT2D eigenvalue weighted by Crippen LogP contribution is 2.47. The van der Waals surface area contributed by atoms with Crippen molar-refractivity contribution in [1.82, 2.24) is 19.8 Å². The first-order valence-electron chi connectivity index (χ1n) is 15.7. The van der Waals surface area contributed by atoms with Crippen LogP contribution in [0.15, 0.2) is 30.3 Å². The van der Waals surface area contributed by atoms with Gasteiger partial charge in [0.25, 0.3) is 5.91 Å². The molecule has 0 unspecified atom stereocenters. The van der Waals surface area contributed by atoms with Gasteiger partial charge in [-0.25, -0.2) is 0 Å². The van der Waals surface area contributed by atoms with Crippen LogP contribution in [0.2, 0.25) is 0 Å². The van der Waals surface area contributed by atoms with Crippen LogP contribution in [0.25, 0.3) is 10.8 Å². The zero-order valence-corrected chi connectivity index (χ0v) is 27.4. The first-order chi connectivity index (χ1) is 21.2. The number of phenolic OH excluding ortho intramolecular Hbond substituents is 1. The van der Waals surface area contributed by atoms with Gasteiger partial charge in [0.2, 0.25) is 0 Å². The molecule has 7 rings (SSSR count). The molecule has 4 aliphatic rings. The summed E-state index contributed by atoms with van der Waals surface area (Å²) in [6, 6.07) is 9.39. The van der Waals surface area contributed by atoms with E-state index in [1.54, 1.807) is 17.0 Å². The Morgan fingerprint density at radius 1 is 1.09 bits per heavy atom. The molecule has 11 heteroatoms. The normalized spacial score (nSPS) is 23.4. The van der Waals surface area contributed by atoms with Crippen LogP contribution in [-0.2, 0) is 17.8 Å². The van der Waals surface area contributed by atoms with Gasteiger partial charge in [0, 0.05) is 59.3 Å². The van der Waals surface area contributed by atoms with Crippen LogP contribution in [0.5, 0.6) is 11.8 Å². The molecule has 234 valence electrons. The molecule has 0 radical (unpaired) electrons. The lowest BCUT2D eigenvalue weighted by Gasteiger charge is -2.38. The number of aromatic nitrogens is 2. The van der Waals surface area contributed by atoms with Crippen molar-refractivity contribution in [3.05, 3.63) is 50.7 Å². The summed E-state index contributed by atoms with van der Waals surface area (Å²) in [6.07, 6.45) is 4.88. The Morgan fingerprint density at radius 2 is 1.95 bits per heavy atom. The molecule has 0 spiro atoms. The van der Waals surface area contributed by atoms with Gasteiger partial charge in [-0.05, 0) is 85.2 Å². The molecular weight excluding hydrogens is 673 g/mol. The Kier molecular flexibility index (Phi) is 8.09. The Bertz CT molecular complexity index is 1570. The van der Waals surface area contributed by atoms with Gasteiger partial charge < -0.3 is 34.4 Å². The van der Waals surface area contributed by atoms with E-state index in [1.807, 2.05) is 25.1 Å². The molecule has 1 saturated carbocycles. The third kappa shape index (κ3) is 6.20. The maximum atomic E-state index is 14.1. The quantitative estimate of drug-likeness (QED) is 0.346. The van der Waals surface area contributed by atoms with E-state index in [0.29, 0.717) is 37.8 Å². The number of ether oxygens (including phenoxy) is 2. The number of carbonyl (C=O) groups is 1. The minimum Gasteiger partial charge on any atom is -0.508 e. The van der Waals surface area contributed by atoms with E-state index in [0.717, 1.165) is 103 Å². The van der Waals surface area contributed by atoms with Crippen LogP contribution in [-0.4, -0.2) is 94.0 Å². The fraction of sp³-hybridized carbons (Fsp3) is 0.545. The van der Waals surface area contributed by atoms with Crippen LogP contribution in [0.3, 0.4) is 0 Å². The van der Waals surface area contributed by atoms with Gasteiger partial charge >= 0.3 is 6.01 Å². The summed E-state index contributed by atoms with van der Waals surface area (Å²) in [4.78, 5) is 30.2. The van der Waals surface area contributed by atoms with Crippen molar-refractivity contribution < 1.29 is 24.5 Å². The second kappa shape index (κ2) is 11.9. The maximum absolute atomic E-state index is 14.1. The second-order valence-corrected chi connectivity index (χ2v) is 14.5. The lowest BCUT2D eigenvalue weighted by Crippen LogP contribution is -2.47. The number of amides is 1. The number of carbonyl (C=O) groups excluding carboxylic acids is 1. The number of anilines is 1. The Hall–Kier alpha value is -2.74. The third-order valence-electron chi connectivity index (χ3n) is 9.48. The molecule has 2 saturated heterocycles. The fourth-order valence-electron chi connectivity index (χ4n) is 6.96. The van der Waals surface area contributed by atoms with Crippen LogP contribution >= 0.6 is 22.6 Å². The number of phenols is 1. The SMILES string of the molecule is C[C@@]1(O)CCCN(c2nc(OCC3(CN4CCCOCC4)CC3)nc3c2CN(C(=O)c2cc(O)cc4cccc(I)c24)C3)C1. The number of piperidine rings is 1. The van der Waals surface area contributed by atoms with Crippen molar-refractivity contribution in [2.75, 3.05) is 57.4 Å². The van der Waals surface area contributed by atoms with Gasteiger partial charge in [0.05, 0.1) is 43.2 Å². The van der Waals surface area contributed by atoms with Crippen LogP contribution in [0.1, 0.15) is 60.6 Å². The number of rotatable bonds is 7. The van der Waals surface area contributed by atoms with E-state index in [-0.39, 0.29) is 17.1 Å². The predicted octanol–water partition coefficient (Wildman–Crippen LogP) is 4.33. The van der Waals surface area contributed by atoms with Gasteiger partial charge in [-0.3, -0.25) is 4.79 Å². The van der Waals surface area contributed by atoms with Crippen molar-refractivity contribution in [2.24, 2.45) is 5.41 Å². The second-order valence-electron chi connectivity index (χ2n) is 13.3. The molecule has 0 bridgehead atoms. The molecule has 2 N–H and O–H groups in total. The Labute approximate surface area is 271 Å². The topological polar surface area (TPSA) is 111 Å². The van der Waals surface area contributed by atoms with Crippen LogP contribution in [0.4, 0.5) is 5.82 Å². The highest BCUT2D eigenvalue weighted by molar-refractivity contribution is 14.1. The number of nitrogens with zero attached hydrogens (tertiary/aromatic N) is 5. The van der Waals surface area contributed by atoms with Crippen molar-refractivity contribution in [3.63, 3.8) is 0 Å². The van der Waals surface area contributed by atoms with Gasteiger partial charge in [0.15, 0.2) is 0 Å². The van der Waals surface area contributed by atoms with E-state index < -0.39 is 5.60 Å². The van der Waals surface area contributed by atoms with E-state index in [1.165, 1.54) is 0 Å². The zero-order valence-electron chi connectivity index (χ0n) is 25.2. The van der Waals surface area contributed by atoms with E-state index in [9.17, 15) is 15.0 Å². The maximum Gasteiger partial charge on any atom is 0.318 e. The average molecular weight is 714 g/mol. The summed E-state index contributed by atoms with van der Waals surface area (Å²) >= 11 is 2.24. The first kappa shape index (κ1) is 29.9. The third-order valence-corrected chi connectivity index (χ3v) is 10.4. The molecule has 1 aliphatic carbocycles. The summed E-state index contributed by atoms with van der Waals surface area (Å²) in [6.45, 7) is 8.92. The molecule has 2 aromatic carbocycles. The largest absolute Gasteiger partial charge is 0.508 e. The predicted molar refractivity (Wildman–Crippen MR) is 175 cm³/mol. The van der Waals surface area contributed by atoms with Crippen molar-refractivity contribution in [1.29, 1.82) is 0 Å². The highest BCUT2D eigenvalue weighted by atomic mass is 127. The molecule has 3 fully saturated rings. The molecule has 3 aliphatic heterocycles. The summed E-state index contributed by atoms with van der Waals surface area (Å²) < 4.78 is 13.0. The summed E-state index contributed by atoms with van der Waals surface area (Å²) in [5.41, 5.74) is 1.43. The number of halogens is 1. The van der Waals surface area contributed by atoms with Gasteiger partial charge in [-0.2, -0.15) is 9.97 Å². The number of β-amino-alcohol motifs (C(OH)–C–C–N with tert-alkyl or cyclic N) is 1. The molecule has 1 atom stereocenters. The smallest absolute Gasteiger partial charge is 0.318 e. The zero-order chi connectivity index (χ0) is 30.5. The Balaban J connectivity index is 1.16. The minimum absolute atomic E-state index is 0.0629. The van der Waals surface area contributed by atoms with Crippen LogP contribution in [0, 0.1) is 8.99 Å². The standard InChI is InChI=1S/C33H40IN5O5/c1-32(42)7-3-11-38(19-32)29-25-17-39(30(41)24-16-23(40)15-22-5-2-6-26(34)28(22)24)18-27(25)35-31(36-29)44-21-33(8-9-33)20-37-10-4-13-43-14-12-37/h2,5-6,15-16,40,42H,3-4,7-14,17-21H2,1H3/t32-/m1/s1. The molecule has 1 aromatic heterocycles. The fourth-order valence-corrected chi connectivity index (χ4v) is 7.77. The number of hydrogen-bond acceptors (Lipinski definition) is 9. The lowest BCUT2D eigenvalue weighted by molar-refractivity contribution is 0.0445. The van der Waals surface area contributed by atoms with Gasteiger partial charge in [-0.1, -0.05) is 12.1 Å². The molecule has 3 aromatic rings. The first-order valence-corrected chi connectivity index (χ1v) is 16.8. The lowest BCUT2D eigenvalue weighted by atomic mass is 9.95. The van der Waals surface area contributed by atoms with Crippen molar-refractivity contribution in [3.8, 4) is 11.8 Å². The minimum atomic E-state index is -0.822. The number of fused-ring (bicyclic) bond motifs is 2. The van der Waals surface area contributed by atoms with E-state index in [4.69, 9.17) is 19.4 Å². The van der Waals surface area contributed by atoms with Gasteiger partial charge in [-0.15, -0.1) is 0 Å². The van der Waals surface area contributed by atoms with Crippen LogP contribution < -0.4 is 9.64 Å². The molecule has 10 nitrogen and oxygen atoms in total. The van der Waals surface area contributed by atoms with E-state index >= 15 is 0 Å². The number of hydrogen-bond donors (Lipinski definition) is 2. The molecule has 44 heavy (non-hydrogen) atoms. The number of aliphatic hydroxyl groups is 1. The molecule has 1 amide bonds. The number of aromatic hydroxyl groups is 1. The van der Waals surface area contributed by atoms with Crippen molar-refractivity contribution in [2.45, 2.75) is 57.7 Å². The van der Waals surface area contributed by atoms with E-state index in [2.05, 4.69) is 32.4 Å². The summed E-state index contributed by atoms with van der Waals surface area (Å²) in [5, 5.41) is 23.1. The van der Waals surface area contributed by atoms with Gasteiger partial charge in [0.1, 0.15) is 11.6 Å². The number of benzene rings is 2. The Morgan fingerprint density at radius 3 is 2.77 bits per heavy atom.